The highest BCUT2D eigenvalue weighted by Gasteiger charge is 2.12. The molecule has 0 fully saturated rings. The number of aromatic amines is 1. The highest BCUT2D eigenvalue weighted by molar-refractivity contribution is 7.14. The summed E-state index contributed by atoms with van der Waals surface area (Å²) >= 11 is 3.10. The molecular formula is C16H11N3OS2. The number of hydrogen-bond acceptors (Lipinski definition) is 5. The second-order valence-electron chi connectivity index (χ2n) is 4.89. The van der Waals surface area contributed by atoms with E-state index >= 15 is 0 Å². The number of aromatic nitrogens is 3. The predicted molar refractivity (Wildman–Crippen MR) is 91.5 cm³/mol. The normalized spacial score (nSPS) is 11.1. The van der Waals surface area contributed by atoms with Crippen LogP contribution in [0, 0.1) is 6.92 Å². The van der Waals surface area contributed by atoms with Crippen molar-refractivity contribution >= 4 is 33.6 Å². The molecule has 0 saturated heterocycles. The molecule has 22 heavy (non-hydrogen) atoms. The standard InChI is InChI=1S/C16H11N3OS2/c1-9-17-14(8-21-9)16-19-13(7-22-16)11-6-10-4-2-3-5-12(10)18-15(11)20/h2-8H,1H3,(H,18,20). The molecule has 0 saturated carbocycles. The van der Waals surface area contributed by atoms with Crippen LogP contribution in [0.5, 0.6) is 0 Å². The van der Waals surface area contributed by atoms with E-state index in [9.17, 15) is 4.79 Å². The molecule has 0 amide bonds. The van der Waals surface area contributed by atoms with Gasteiger partial charge in [0.1, 0.15) is 10.7 Å². The maximum atomic E-state index is 12.3. The first kappa shape index (κ1) is 13.4. The Hall–Kier alpha value is -2.31. The van der Waals surface area contributed by atoms with Gasteiger partial charge in [0, 0.05) is 16.3 Å². The molecule has 0 unspecified atom stereocenters. The van der Waals surface area contributed by atoms with E-state index in [0.29, 0.717) is 11.3 Å². The second kappa shape index (κ2) is 5.15. The Morgan fingerprint density at radius 1 is 1.05 bits per heavy atom. The van der Waals surface area contributed by atoms with Crippen LogP contribution in [0.25, 0.3) is 32.9 Å². The van der Waals surface area contributed by atoms with Crippen LogP contribution in [-0.2, 0) is 0 Å². The van der Waals surface area contributed by atoms with E-state index in [4.69, 9.17) is 0 Å². The first-order chi connectivity index (χ1) is 10.7. The molecule has 1 aromatic carbocycles. The highest BCUT2D eigenvalue weighted by atomic mass is 32.1. The lowest BCUT2D eigenvalue weighted by Crippen LogP contribution is -2.08. The van der Waals surface area contributed by atoms with Gasteiger partial charge in [-0.1, -0.05) is 18.2 Å². The fourth-order valence-electron chi connectivity index (χ4n) is 2.31. The summed E-state index contributed by atoms with van der Waals surface area (Å²) in [7, 11) is 0. The Bertz CT molecular complexity index is 1030. The summed E-state index contributed by atoms with van der Waals surface area (Å²) in [6.07, 6.45) is 0. The van der Waals surface area contributed by atoms with Crippen LogP contribution in [0.4, 0.5) is 0 Å². The van der Waals surface area contributed by atoms with Crippen LogP contribution in [0.1, 0.15) is 5.01 Å². The van der Waals surface area contributed by atoms with Crippen molar-refractivity contribution < 1.29 is 0 Å². The molecule has 0 radical (unpaired) electrons. The van der Waals surface area contributed by atoms with Crippen molar-refractivity contribution in [1.82, 2.24) is 15.0 Å². The van der Waals surface area contributed by atoms with Crippen LogP contribution in [0.2, 0.25) is 0 Å². The van der Waals surface area contributed by atoms with Gasteiger partial charge in [-0.2, -0.15) is 0 Å². The van der Waals surface area contributed by atoms with E-state index in [2.05, 4.69) is 15.0 Å². The fourth-order valence-corrected chi connectivity index (χ4v) is 3.77. The molecule has 4 rings (SSSR count). The molecule has 0 atom stereocenters. The van der Waals surface area contributed by atoms with Crippen molar-refractivity contribution in [3.05, 3.63) is 56.5 Å². The number of thiazole rings is 2. The molecule has 3 heterocycles. The van der Waals surface area contributed by atoms with Crippen LogP contribution in [-0.4, -0.2) is 15.0 Å². The number of nitrogens with one attached hydrogen (secondary N) is 1. The summed E-state index contributed by atoms with van der Waals surface area (Å²) in [6.45, 7) is 1.97. The number of H-pyrrole nitrogens is 1. The predicted octanol–water partition coefficient (Wildman–Crippen LogP) is 4.08. The van der Waals surface area contributed by atoms with Crippen LogP contribution in [0.15, 0.2) is 45.9 Å². The summed E-state index contributed by atoms with van der Waals surface area (Å²) in [4.78, 5) is 24.2. The Labute approximate surface area is 134 Å². The number of benzene rings is 1. The van der Waals surface area contributed by atoms with Gasteiger partial charge in [0.05, 0.1) is 16.3 Å². The topological polar surface area (TPSA) is 58.6 Å². The average Bonchev–Trinajstić information content (AvgIpc) is 3.15. The molecule has 0 aliphatic heterocycles. The van der Waals surface area contributed by atoms with Gasteiger partial charge in [0.2, 0.25) is 0 Å². The Balaban J connectivity index is 1.84. The lowest BCUT2D eigenvalue weighted by molar-refractivity contribution is 1.26. The lowest BCUT2D eigenvalue weighted by Gasteiger charge is -2.00. The van der Waals surface area contributed by atoms with Crippen molar-refractivity contribution in [2.24, 2.45) is 0 Å². The molecule has 108 valence electrons. The number of hydrogen-bond donors (Lipinski definition) is 1. The smallest absolute Gasteiger partial charge is 0.257 e. The van der Waals surface area contributed by atoms with Gasteiger partial charge in [-0.15, -0.1) is 22.7 Å². The lowest BCUT2D eigenvalue weighted by atomic mass is 10.1. The van der Waals surface area contributed by atoms with E-state index in [-0.39, 0.29) is 5.56 Å². The number of para-hydroxylation sites is 1. The Kier molecular flexibility index (Phi) is 3.13. The summed E-state index contributed by atoms with van der Waals surface area (Å²) in [5, 5.41) is 6.74. The zero-order valence-corrected chi connectivity index (χ0v) is 13.3. The van der Waals surface area contributed by atoms with E-state index < -0.39 is 0 Å². The van der Waals surface area contributed by atoms with E-state index in [1.807, 2.05) is 48.0 Å². The Morgan fingerprint density at radius 2 is 1.86 bits per heavy atom. The van der Waals surface area contributed by atoms with Gasteiger partial charge < -0.3 is 4.98 Å². The molecule has 4 aromatic rings. The van der Waals surface area contributed by atoms with E-state index in [1.54, 1.807) is 11.3 Å². The molecule has 6 heteroatoms. The molecule has 3 aromatic heterocycles. The Morgan fingerprint density at radius 3 is 2.68 bits per heavy atom. The molecule has 1 N–H and O–H groups in total. The van der Waals surface area contributed by atoms with E-state index in [0.717, 1.165) is 26.6 Å². The second-order valence-corrected chi connectivity index (χ2v) is 6.81. The minimum atomic E-state index is -0.120. The van der Waals surface area contributed by atoms with Crippen LogP contribution < -0.4 is 5.56 Å². The first-order valence-electron chi connectivity index (χ1n) is 6.71. The zero-order chi connectivity index (χ0) is 15.1. The highest BCUT2D eigenvalue weighted by Crippen LogP contribution is 2.29. The maximum absolute atomic E-state index is 12.3. The van der Waals surface area contributed by atoms with Crippen molar-refractivity contribution in [3.63, 3.8) is 0 Å². The molecule has 0 aliphatic carbocycles. The third-order valence-electron chi connectivity index (χ3n) is 3.37. The molecule has 0 aliphatic rings. The number of pyridine rings is 1. The summed E-state index contributed by atoms with van der Waals surface area (Å²) in [5.41, 5.74) is 2.87. The summed E-state index contributed by atoms with van der Waals surface area (Å²) < 4.78 is 0. The van der Waals surface area contributed by atoms with Gasteiger partial charge in [-0.05, 0) is 24.4 Å². The average molecular weight is 325 g/mol. The largest absolute Gasteiger partial charge is 0.321 e. The first-order valence-corrected chi connectivity index (χ1v) is 8.47. The molecule has 0 bridgehead atoms. The third kappa shape index (κ3) is 2.26. The zero-order valence-electron chi connectivity index (χ0n) is 11.7. The number of aryl methyl sites for hydroxylation is 1. The quantitative estimate of drug-likeness (QED) is 0.604. The minimum absolute atomic E-state index is 0.120. The SMILES string of the molecule is Cc1nc(-c2nc(-c3cc4ccccc4[nH]c3=O)cs2)cs1. The number of fused-ring (bicyclic) bond motifs is 1. The van der Waals surface area contributed by atoms with Crippen molar-refractivity contribution in [2.75, 3.05) is 0 Å². The minimum Gasteiger partial charge on any atom is -0.321 e. The summed E-state index contributed by atoms with van der Waals surface area (Å²) in [6, 6.07) is 9.62. The number of nitrogens with zero attached hydrogens (tertiary/aromatic N) is 2. The van der Waals surface area contributed by atoms with Crippen LogP contribution >= 0.6 is 22.7 Å². The van der Waals surface area contributed by atoms with Gasteiger partial charge in [-0.3, -0.25) is 4.79 Å². The summed E-state index contributed by atoms with van der Waals surface area (Å²) in [5.74, 6) is 0. The molecule has 0 spiro atoms. The number of rotatable bonds is 2. The molecule has 4 nitrogen and oxygen atoms in total. The fraction of sp³-hybridized carbons (Fsp3) is 0.0625. The van der Waals surface area contributed by atoms with E-state index in [1.165, 1.54) is 11.3 Å². The maximum Gasteiger partial charge on any atom is 0.257 e. The van der Waals surface area contributed by atoms with Gasteiger partial charge >= 0.3 is 0 Å². The van der Waals surface area contributed by atoms with Crippen molar-refractivity contribution in [2.45, 2.75) is 6.92 Å². The molecular weight excluding hydrogens is 314 g/mol. The van der Waals surface area contributed by atoms with Gasteiger partial charge in [0.25, 0.3) is 5.56 Å². The van der Waals surface area contributed by atoms with Crippen molar-refractivity contribution in [3.8, 4) is 22.0 Å². The third-order valence-corrected chi connectivity index (χ3v) is 5.01. The van der Waals surface area contributed by atoms with Crippen LogP contribution in [0.3, 0.4) is 0 Å². The van der Waals surface area contributed by atoms with Crippen molar-refractivity contribution in [1.29, 1.82) is 0 Å². The monoisotopic (exact) mass is 325 g/mol. The van der Waals surface area contributed by atoms with Gasteiger partial charge in [-0.25, -0.2) is 9.97 Å². The van der Waals surface area contributed by atoms with Gasteiger partial charge in [0.15, 0.2) is 0 Å².